The molecule has 1 unspecified atom stereocenters. The van der Waals surface area contributed by atoms with Gasteiger partial charge in [0.05, 0.1) is 11.5 Å². The largest absolute Gasteiger partial charge is 0.393 e. The third-order valence-electron chi connectivity index (χ3n) is 2.49. The number of amides is 1. The monoisotopic (exact) mass is 245 g/mol. The second kappa shape index (κ2) is 8.47. The molecular formula is C11H23N3OS. The molecule has 3 N–H and O–H groups in total. The molecule has 4 nitrogen and oxygen atoms in total. The number of rotatable bonds is 8. The zero-order valence-electron chi connectivity index (χ0n) is 10.5. The summed E-state index contributed by atoms with van der Waals surface area (Å²) in [6, 6.07) is 0.203. The van der Waals surface area contributed by atoms with Crippen LogP contribution in [0.4, 0.5) is 0 Å². The summed E-state index contributed by atoms with van der Waals surface area (Å²) in [5.41, 5.74) is 5.46. The van der Waals surface area contributed by atoms with Gasteiger partial charge in [-0.3, -0.25) is 9.69 Å². The van der Waals surface area contributed by atoms with Gasteiger partial charge < -0.3 is 11.1 Å². The molecule has 0 heterocycles. The predicted octanol–water partition coefficient (Wildman–Crippen LogP) is 0.899. The summed E-state index contributed by atoms with van der Waals surface area (Å²) >= 11 is 4.84. The minimum Gasteiger partial charge on any atom is -0.393 e. The molecule has 0 saturated heterocycles. The number of carbonyl (C=O) groups excluding carboxylic acids is 1. The average Bonchev–Trinajstić information content (AvgIpc) is 2.16. The number of unbranched alkanes of at least 4 members (excludes halogenated alkanes) is 1. The molecule has 0 aliphatic carbocycles. The molecule has 0 aliphatic heterocycles. The van der Waals surface area contributed by atoms with Gasteiger partial charge in [-0.25, -0.2) is 0 Å². The number of nitrogens with two attached hydrogens (primary N) is 1. The van der Waals surface area contributed by atoms with E-state index >= 15 is 0 Å². The van der Waals surface area contributed by atoms with Crippen LogP contribution in [0.15, 0.2) is 0 Å². The Morgan fingerprint density at radius 2 is 2.19 bits per heavy atom. The first-order chi connectivity index (χ1) is 7.47. The van der Waals surface area contributed by atoms with Gasteiger partial charge in [0.1, 0.15) is 0 Å². The third-order valence-corrected chi connectivity index (χ3v) is 2.66. The van der Waals surface area contributed by atoms with Crippen molar-refractivity contribution < 1.29 is 4.79 Å². The maximum absolute atomic E-state index is 11.5. The van der Waals surface area contributed by atoms with Crippen LogP contribution in [-0.4, -0.2) is 42.0 Å². The molecule has 0 aliphatic rings. The third kappa shape index (κ3) is 7.59. The minimum atomic E-state index is 0.0609. The molecule has 0 spiro atoms. The first-order valence-electron chi connectivity index (χ1n) is 5.72. The van der Waals surface area contributed by atoms with Gasteiger partial charge in [0, 0.05) is 19.0 Å². The van der Waals surface area contributed by atoms with Gasteiger partial charge in [0.2, 0.25) is 5.91 Å². The molecule has 0 saturated carbocycles. The quantitative estimate of drug-likeness (QED) is 0.493. The highest BCUT2D eigenvalue weighted by atomic mass is 32.1. The fraction of sp³-hybridized carbons (Fsp3) is 0.818. The molecule has 0 radical (unpaired) electrons. The van der Waals surface area contributed by atoms with E-state index in [1.807, 2.05) is 18.9 Å². The Kier molecular flexibility index (Phi) is 8.11. The Morgan fingerprint density at radius 3 is 2.69 bits per heavy atom. The van der Waals surface area contributed by atoms with Crippen LogP contribution in [0.5, 0.6) is 0 Å². The summed E-state index contributed by atoms with van der Waals surface area (Å²) in [6.45, 7) is 5.27. The number of carbonyl (C=O) groups is 1. The van der Waals surface area contributed by atoms with Crippen molar-refractivity contribution in [1.82, 2.24) is 10.2 Å². The Hall–Kier alpha value is -0.680. The van der Waals surface area contributed by atoms with E-state index in [1.54, 1.807) is 0 Å². The van der Waals surface area contributed by atoms with Crippen LogP contribution in [0, 0.1) is 0 Å². The molecular weight excluding hydrogens is 222 g/mol. The maximum atomic E-state index is 11.5. The average molecular weight is 245 g/mol. The highest BCUT2D eigenvalue weighted by Crippen LogP contribution is 2.00. The molecule has 94 valence electrons. The number of nitrogens with one attached hydrogen (secondary N) is 1. The van der Waals surface area contributed by atoms with Crippen molar-refractivity contribution in [3.8, 4) is 0 Å². The van der Waals surface area contributed by atoms with Crippen LogP contribution >= 0.6 is 12.2 Å². The molecule has 1 atom stereocenters. The smallest absolute Gasteiger partial charge is 0.234 e. The van der Waals surface area contributed by atoms with Gasteiger partial charge in [-0.15, -0.1) is 0 Å². The molecule has 0 aromatic carbocycles. The highest BCUT2D eigenvalue weighted by Gasteiger charge is 2.13. The molecule has 5 heteroatoms. The van der Waals surface area contributed by atoms with Gasteiger partial charge in [0.25, 0.3) is 0 Å². The normalized spacial score (nSPS) is 12.5. The van der Waals surface area contributed by atoms with Gasteiger partial charge in [-0.05, 0) is 20.4 Å². The van der Waals surface area contributed by atoms with Crippen LogP contribution in [0.3, 0.4) is 0 Å². The van der Waals surface area contributed by atoms with Crippen molar-refractivity contribution >= 4 is 23.1 Å². The van der Waals surface area contributed by atoms with Crippen molar-refractivity contribution in [3.05, 3.63) is 0 Å². The van der Waals surface area contributed by atoms with Crippen molar-refractivity contribution in [3.63, 3.8) is 0 Å². The Labute approximate surface area is 104 Å². The van der Waals surface area contributed by atoms with Crippen LogP contribution < -0.4 is 11.1 Å². The first-order valence-corrected chi connectivity index (χ1v) is 6.13. The van der Waals surface area contributed by atoms with Gasteiger partial charge in [-0.1, -0.05) is 25.6 Å². The second-order valence-electron chi connectivity index (χ2n) is 4.14. The van der Waals surface area contributed by atoms with Crippen molar-refractivity contribution in [2.24, 2.45) is 5.73 Å². The van der Waals surface area contributed by atoms with E-state index in [9.17, 15) is 4.79 Å². The SMILES string of the molecule is CCCCNC(=O)CN(C)C(C)CC(N)=S. The fourth-order valence-electron chi connectivity index (χ4n) is 1.29. The molecule has 1 amide bonds. The number of likely N-dealkylation sites (N-methyl/N-ethyl adjacent to an activating group) is 1. The highest BCUT2D eigenvalue weighted by molar-refractivity contribution is 7.80. The van der Waals surface area contributed by atoms with E-state index in [-0.39, 0.29) is 11.9 Å². The number of nitrogens with zero attached hydrogens (tertiary/aromatic N) is 1. The van der Waals surface area contributed by atoms with Gasteiger partial charge in [0.15, 0.2) is 0 Å². The van der Waals surface area contributed by atoms with E-state index in [4.69, 9.17) is 18.0 Å². The zero-order chi connectivity index (χ0) is 12.6. The zero-order valence-corrected chi connectivity index (χ0v) is 11.3. The lowest BCUT2D eigenvalue weighted by atomic mass is 10.2. The van der Waals surface area contributed by atoms with Crippen LogP contribution in [0.25, 0.3) is 0 Å². The number of hydrogen-bond acceptors (Lipinski definition) is 3. The summed E-state index contributed by atoms with van der Waals surface area (Å²) < 4.78 is 0. The fourth-order valence-corrected chi connectivity index (χ4v) is 1.53. The summed E-state index contributed by atoms with van der Waals surface area (Å²) in [4.78, 5) is 14.0. The van der Waals surface area contributed by atoms with Crippen LogP contribution in [0.2, 0.25) is 0 Å². The summed E-state index contributed by atoms with van der Waals surface area (Å²) in [5.74, 6) is 0.0609. The lowest BCUT2D eigenvalue weighted by molar-refractivity contribution is -0.122. The van der Waals surface area contributed by atoms with Crippen molar-refractivity contribution in [2.75, 3.05) is 20.1 Å². The molecule has 16 heavy (non-hydrogen) atoms. The number of thiocarbonyl (C=S) groups is 1. The number of hydrogen-bond donors (Lipinski definition) is 2. The summed E-state index contributed by atoms with van der Waals surface area (Å²) in [5, 5.41) is 2.88. The lowest BCUT2D eigenvalue weighted by Gasteiger charge is -2.23. The van der Waals surface area contributed by atoms with Crippen LogP contribution in [-0.2, 0) is 4.79 Å². The van der Waals surface area contributed by atoms with Crippen LogP contribution in [0.1, 0.15) is 33.1 Å². The Morgan fingerprint density at radius 1 is 1.56 bits per heavy atom. The van der Waals surface area contributed by atoms with Gasteiger partial charge in [-0.2, -0.15) is 0 Å². The lowest BCUT2D eigenvalue weighted by Crippen LogP contribution is -2.41. The summed E-state index contributed by atoms with van der Waals surface area (Å²) in [7, 11) is 1.91. The topological polar surface area (TPSA) is 58.4 Å². The molecule has 0 aromatic rings. The maximum Gasteiger partial charge on any atom is 0.234 e. The molecule has 0 rings (SSSR count). The van der Waals surface area contributed by atoms with E-state index in [0.717, 1.165) is 19.4 Å². The van der Waals surface area contributed by atoms with E-state index in [0.29, 0.717) is 18.0 Å². The predicted molar refractivity (Wildman–Crippen MR) is 71.4 cm³/mol. The summed E-state index contributed by atoms with van der Waals surface area (Å²) in [6.07, 6.45) is 2.76. The van der Waals surface area contributed by atoms with E-state index < -0.39 is 0 Å². The molecule has 0 bridgehead atoms. The second-order valence-corrected chi connectivity index (χ2v) is 4.66. The van der Waals surface area contributed by atoms with Crippen molar-refractivity contribution in [2.45, 2.75) is 39.2 Å². The first kappa shape index (κ1) is 15.3. The standard InChI is InChI=1S/C11H23N3OS/c1-4-5-6-13-11(15)8-14(3)9(2)7-10(12)16/h9H,4-8H2,1-3H3,(H2,12,16)(H,13,15). The van der Waals surface area contributed by atoms with Gasteiger partial charge >= 0.3 is 0 Å². The molecule has 0 aromatic heterocycles. The Bertz CT molecular complexity index is 233. The minimum absolute atomic E-state index is 0.0609. The Balaban J connectivity index is 3.80. The van der Waals surface area contributed by atoms with E-state index in [1.165, 1.54) is 0 Å². The van der Waals surface area contributed by atoms with Crippen molar-refractivity contribution in [1.29, 1.82) is 0 Å². The van der Waals surface area contributed by atoms with E-state index in [2.05, 4.69) is 12.2 Å². The molecule has 0 fully saturated rings.